The monoisotopic (exact) mass is 376 g/mol. The smallest absolute Gasteiger partial charge is 0.283 e. The summed E-state index contributed by atoms with van der Waals surface area (Å²) in [6, 6.07) is 5.17. The minimum absolute atomic E-state index is 0.0550. The van der Waals surface area contributed by atoms with Gasteiger partial charge in [-0.1, -0.05) is 13.8 Å². The van der Waals surface area contributed by atoms with E-state index in [-0.39, 0.29) is 10.9 Å². The van der Waals surface area contributed by atoms with Crippen LogP contribution >= 0.6 is 0 Å². The summed E-state index contributed by atoms with van der Waals surface area (Å²) in [6.45, 7) is 5.21. The Morgan fingerprint density at radius 3 is 2.69 bits per heavy atom. The van der Waals surface area contributed by atoms with E-state index in [1.807, 2.05) is 0 Å². The largest absolute Gasteiger partial charge is 0.345 e. The Kier molecular flexibility index (Phi) is 4.79. The molecule has 2 aromatic rings. The second kappa shape index (κ2) is 6.75. The lowest BCUT2D eigenvalue weighted by Crippen LogP contribution is -2.29. The van der Waals surface area contributed by atoms with Crippen molar-refractivity contribution in [1.82, 2.24) is 14.5 Å². The van der Waals surface area contributed by atoms with Gasteiger partial charge in [-0.15, -0.1) is 0 Å². The Bertz CT molecular complexity index is 932. The summed E-state index contributed by atoms with van der Waals surface area (Å²) in [5.41, 5.74) is 2.05. The number of amides is 1. The fourth-order valence-corrected chi connectivity index (χ4v) is 4.56. The average Bonchev–Trinajstić information content (AvgIpc) is 3.20. The molecule has 0 saturated heterocycles. The van der Waals surface area contributed by atoms with Crippen molar-refractivity contribution in [3.63, 3.8) is 0 Å². The molecule has 0 atom stereocenters. The van der Waals surface area contributed by atoms with Crippen molar-refractivity contribution in [3.05, 3.63) is 41.9 Å². The predicted molar refractivity (Wildman–Crippen MR) is 99.8 cm³/mol. The molecule has 0 fully saturated rings. The van der Waals surface area contributed by atoms with Crippen molar-refractivity contribution in [2.45, 2.75) is 31.8 Å². The molecule has 1 aliphatic rings. The van der Waals surface area contributed by atoms with Crippen LogP contribution in [-0.2, 0) is 23.0 Å². The van der Waals surface area contributed by atoms with E-state index in [2.05, 4.69) is 18.8 Å². The molecular formula is C18H24N4O3S. The molecule has 1 aromatic carbocycles. The summed E-state index contributed by atoms with van der Waals surface area (Å²) in [7, 11) is -0.322. The van der Waals surface area contributed by atoms with Crippen LogP contribution in [0.4, 0.5) is 5.69 Å². The third-order valence-corrected chi connectivity index (χ3v) is 6.02. The van der Waals surface area contributed by atoms with Crippen LogP contribution in [0, 0.1) is 5.92 Å². The van der Waals surface area contributed by atoms with Crippen molar-refractivity contribution < 1.29 is 13.2 Å². The molecule has 26 heavy (non-hydrogen) atoms. The van der Waals surface area contributed by atoms with Crippen LogP contribution in [-0.4, -0.2) is 49.4 Å². The third-order valence-electron chi connectivity index (χ3n) is 4.33. The highest BCUT2D eigenvalue weighted by Crippen LogP contribution is 2.33. The van der Waals surface area contributed by atoms with E-state index >= 15 is 0 Å². The van der Waals surface area contributed by atoms with Crippen LogP contribution in [0.15, 0.2) is 35.7 Å². The highest BCUT2D eigenvalue weighted by molar-refractivity contribution is 7.92. The zero-order valence-electron chi connectivity index (χ0n) is 15.5. The first-order valence-electron chi connectivity index (χ1n) is 8.59. The maximum atomic E-state index is 13.0. The molecule has 8 heteroatoms. The van der Waals surface area contributed by atoms with E-state index in [1.54, 1.807) is 49.4 Å². The van der Waals surface area contributed by atoms with Crippen LogP contribution in [0.5, 0.6) is 0 Å². The molecule has 1 amide bonds. The van der Waals surface area contributed by atoms with Gasteiger partial charge in [-0.3, -0.25) is 9.10 Å². The second-order valence-electron chi connectivity index (χ2n) is 7.17. The minimum Gasteiger partial charge on any atom is -0.345 e. The number of aromatic nitrogens is 2. The highest BCUT2D eigenvalue weighted by Gasteiger charge is 2.33. The first kappa shape index (κ1) is 18.4. The molecule has 0 unspecified atom stereocenters. The zero-order chi connectivity index (χ0) is 19.1. The Morgan fingerprint density at radius 1 is 1.31 bits per heavy atom. The van der Waals surface area contributed by atoms with E-state index in [9.17, 15) is 13.2 Å². The molecule has 0 N–H and O–H groups in total. The fraction of sp³-hybridized carbons (Fsp3) is 0.444. The van der Waals surface area contributed by atoms with Gasteiger partial charge in [0.05, 0.1) is 12.0 Å². The number of sulfonamides is 1. The number of fused-ring (bicyclic) bond motifs is 1. The summed E-state index contributed by atoms with van der Waals surface area (Å²) in [5.74, 6) is 0.307. The lowest BCUT2D eigenvalue weighted by atomic mass is 10.1. The van der Waals surface area contributed by atoms with Crippen molar-refractivity contribution in [3.8, 4) is 0 Å². The topological polar surface area (TPSA) is 75.5 Å². The van der Waals surface area contributed by atoms with Crippen LogP contribution < -0.4 is 4.31 Å². The van der Waals surface area contributed by atoms with Gasteiger partial charge in [0.25, 0.3) is 15.9 Å². The van der Waals surface area contributed by atoms with Crippen LogP contribution in [0.25, 0.3) is 0 Å². The fourth-order valence-electron chi connectivity index (χ4n) is 3.12. The van der Waals surface area contributed by atoms with Gasteiger partial charge in [-0.2, -0.15) is 8.42 Å². The highest BCUT2D eigenvalue weighted by atomic mass is 32.2. The molecule has 0 bridgehead atoms. The first-order chi connectivity index (χ1) is 12.2. The molecule has 0 aliphatic carbocycles. The number of carbonyl (C=O) groups excluding carboxylic acids is 1. The molecule has 140 valence electrons. The van der Waals surface area contributed by atoms with Crippen LogP contribution in [0.3, 0.4) is 0 Å². The van der Waals surface area contributed by atoms with Crippen LogP contribution in [0.2, 0.25) is 0 Å². The molecule has 1 aromatic heterocycles. The number of imidazole rings is 1. The van der Waals surface area contributed by atoms with Crippen molar-refractivity contribution >= 4 is 21.6 Å². The van der Waals surface area contributed by atoms with Gasteiger partial charge in [0.15, 0.2) is 5.03 Å². The molecule has 3 rings (SSSR count). The number of hydrogen-bond donors (Lipinski definition) is 0. The Balaban J connectivity index is 1.90. The quantitative estimate of drug-likeness (QED) is 0.800. The summed E-state index contributed by atoms with van der Waals surface area (Å²) < 4.78 is 29.2. The number of anilines is 1. The van der Waals surface area contributed by atoms with E-state index in [0.717, 1.165) is 12.1 Å². The van der Waals surface area contributed by atoms with E-state index in [4.69, 9.17) is 0 Å². The standard InChI is InChI=1S/C18H24N4O3S/c1-13(2)10-21-11-17(19-12-21)26(24,25)22-8-7-14-9-15(5-6-16(14)22)18(23)20(3)4/h5-6,9,11-13H,7-8,10H2,1-4H3. The van der Waals surface area contributed by atoms with Crippen molar-refractivity contribution in [2.75, 3.05) is 24.9 Å². The van der Waals surface area contributed by atoms with Gasteiger partial charge in [-0.25, -0.2) is 4.98 Å². The SMILES string of the molecule is CC(C)Cn1cnc(S(=O)(=O)N2CCc3cc(C(=O)N(C)C)ccc32)c1. The van der Waals surface area contributed by atoms with Gasteiger partial charge in [0, 0.05) is 38.9 Å². The lowest BCUT2D eigenvalue weighted by Gasteiger charge is -2.18. The average molecular weight is 376 g/mol. The van der Waals surface area contributed by atoms with Gasteiger partial charge in [0.1, 0.15) is 0 Å². The molecular weight excluding hydrogens is 352 g/mol. The maximum absolute atomic E-state index is 13.0. The Hall–Kier alpha value is -2.35. The summed E-state index contributed by atoms with van der Waals surface area (Å²) >= 11 is 0. The molecule has 7 nitrogen and oxygen atoms in total. The van der Waals surface area contributed by atoms with E-state index in [0.29, 0.717) is 30.1 Å². The number of benzene rings is 1. The summed E-state index contributed by atoms with van der Waals surface area (Å²) in [6.07, 6.45) is 3.72. The van der Waals surface area contributed by atoms with Crippen LogP contribution in [0.1, 0.15) is 29.8 Å². The van der Waals surface area contributed by atoms with Gasteiger partial charge >= 0.3 is 0 Å². The van der Waals surface area contributed by atoms with Gasteiger partial charge < -0.3 is 9.47 Å². The van der Waals surface area contributed by atoms with E-state index < -0.39 is 10.0 Å². The Labute approximate surface area is 154 Å². The number of rotatable bonds is 5. The molecule has 0 radical (unpaired) electrons. The Morgan fingerprint density at radius 2 is 2.04 bits per heavy atom. The molecule has 0 spiro atoms. The van der Waals surface area contributed by atoms with Gasteiger partial charge in [0.2, 0.25) is 0 Å². The summed E-state index contributed by atoms with van der Waals surface area (Å²) in [5, 5.41) is 0.0550. The first-order valence-corrected chi connectivity index (χ1v) is 10.0. The lowest BCUT2D eigenvalue weighted by molar-refractivity contribution is 0.0827. The number of hydrogen-bond acceptors (Lipinski definition) is 4. The summed E-state index contributed by atoms with van der Waals surface area (Å²) in [4.78, 5) is 17.7. The normalized spacial score (nSPS) is 14.0. The number of carbonyl (C=O) groups is 1. The second-order valence-corrected chi connectivity index (χ2v) is 8.98. The zero-order valence-corrected chi connectivity index (χ0v) is 16.3. The molecule has 1 aliphatic heterocycles. The third kappa shape index (κ3) is 3.33. The molecule has 0 saturated carbocycles. The van der Waals surface area contributed by atoms with Gasteiger partial charge in [-0.05, 0) is 36.1 Å². The molecule has 2 heterocycles. The minimum atomic E-state index is -3.71. The predicted octanol–water partition coefficient (Wildman–Crippen LogP) is 1.99. The van der Waals surface area contributed by atoms with E-state index in [1.165, 1.54) is 9.21 Å². The number of nitrogens with zero attached hydrogens (tertiary/aromatic N) is 4. The van der Waals surface area contributed by atoms with Crippen molar-refractivity contribution in [1.29, 1.82) is 0 Å². The maximum Gasteiger partial charge on any atom is 0.283 e. The van der Waals surface area contributed by atoms with Crippen molar-refractivity contribution in [2.24, 2.45) is 5.92 Å².